The smallest absolute Gasteiger partial charge is 0.133 e. The zero-order chi connectivity index (χ0) is 14.5. The fraction of sp³-hybridized carbons (Fsp3) is 0.647. The average molecular weight is 307 g/mol. The number of hydrogen-bond acceptors (Lipinski definition) is 4. The highest BCUT2D eigenvalue weighted by atomic mass is 32.2. The zero-order valence-electron chi connectivity index (χ0n) is 12.7. The third-order valence-corrected chi connectivity index (χ3v) is 5.56. The first-order chi connectivity index (χ1) is 10.4. The van der Waals surface area contributed by atoms with Crippen molar-refractivity contribution in [3.05, 3.63) is 24.3 Å². The van der Waals surface area contributed by atoms with Gasteiger partial charge in [-0.3, -0.25) is 0 Å². The monoisotopic (exact) mass is 307 g/mol. The summed E-state index contributed by atoms with van der Waals surface area (Å²) in [6.07, 6.45) is 6.80. The van der Waals surface area contributed by atoms with Crippen molar-refractivity contribution in [1.82, 2.24) is 5.32 Å². The topological polar surface area (TPSA) is 30.5 Å². The molecule has 0 aliphatic carbocycles. The lowest BCUT2D eigenvalue weighted by atomic mass is 10.0. The lowest BCUT2D eigenvalue weighted by molar-refractivity contribution is 0.0981. The van der Waals surface area contributed by atoms with Gasteiger partial charge in [-0.25, -0.2) is 0 Å². The lowest BCUT2D eigenvalue weighted by Crippen LogP contribution is -2.44. The summed E-state index contributed by atoms with van der Waals surface area (Å²) < 4.78 is 11.9. The molecule has 1 aromatic rings. The van der Waals surface area contributed by atoms with Crippen molar-refractivity contribution in [3.8, 4) is 5.75 Å². The summed E-state index contributed by atoms with van der Waals surface area (Å²) in [6.45, 7) is 0.958. The van der Waals surface area contributed by atoms with Crippen molar-refractivity contribution in [1.29, 1.82) is 0 Å². The predicted molar refractivity (Wildman–Crippen MR) is 87.3 cm³/mol. The summed E-state index contributed by atoms with van der Waals surface area (Å²) in [5.41, 5.74) is 0. The maximum atomic E-state index is 6.19. The van der Waals surface area contributed by atoms with Crippen LogP contribution in [-0.2, 0) is 4.74 Å². The van der Waals surface area contributed by atoms with E-state index < -0.39 is 0 Å². The Morgan fingerprint density at radius 2 is 2.29 bits per heavy atom. The summed E-state index contributed by atoms with van der Waals surface area (Å²) in [6, 6.07) is 8.77. The number of rotatable bonds is 6. The number of likely N-dealkylation sites (N-methyl/N-ethyl adjacent to an activating group) is 1. The number of thioether (sulfide) groups is 1. The molecule has 0 saturated carbocycles. The Bertz CT molecular complexity index is 448. The van der Waals surface area contributed by atoms with E-state index in [-0.39, 0.29) is 6.10 Å². The molecule has 0 aromatic heterocycles. The normalized spacial score (nSPS) is 26.1. The molecule has 0 bridgehead atoms. The highest BCUT2D eigenvalue weighted by Crippen LogP contribution is 2.36. The van der Waals surface area contributed by atoms with E-state index in [9.17, 15) is 0 Å². The van der Waals surface area contributed by atoms with Crippen LogP contribution < -0.4 is 10.1 Å². The molecule has 3 rings (SSSR count). The Kier molecular flexibility index (Phi) is 5.44. The molecule has 4 heteroatoms. The van der Waals surface area contributed by atoms with Crippen LogP contribution in [0.1, 0.15) is 32.1 Å². The van der Waals surface area contributed by atoms with Crippen LogP contribution in [0.25, 0.3) is 0 Å². The second-order valence-corrected chi connectivity index (χ2v) is 6.94. The molecule has 2 heterocycles. The molecule has 0 spiro atoms. The van der Waals surface area contributed by atoms with E-state index in [0.29, 0.717) is 12.1 Å². The SMILES string of the molecule is CNC(CCCC1CCCO1)C1CSc2ccccc2O1. The van der Waals surface area contributed by atoms with Gasteiger partial charge in [0.2, 0.25) is 0 Å². The van der Waals surface area contributed by atoms with Crippen LogP contribution in [0, 0.1) is 0 Å². The Balaban J connectivity index is 1.49. The molecule has 0 amide bonds. The van der Waals surface area contributed by atoms with Crippen molar-refractivity contribution in [2.45, 2.75) is 55.2 Å². The van der Waals surface area contributed by atoms with Gasteiger partial charge >= 0.3 is 0 Å². The minimum Gasteiger partial charge on any atom is -0.487 e. The van der Waals surface area contributed by atoms with E-state index in [1.165, 1.54) is 30.6 Å². The van der Waals surface area contributed by atoms with Crippen LogP contribution in [0.2, 0.25) is 0 Å². The van der Waals surface area contributed by atoms with Crippen molar-refractivity contribution < 1.29 is 9.47 Å². The fourth-order valence-corrected chi connectivity index (χ4v) is 4.27. The average Bonchev–Trinajstić information content (AvgIpc) is 3.04. The van der Waals surface area contributed by atoms with Gasteiger partial charge in [0.1, 0.15) is 11.9 Å². The Hall–Kier alpha value is -0.710. The molecule has 1 fully saturated rings. The van der Waals surface area contributed by atoms with Crippen molar-refractivity contribution in [2.75, 3.05) is 19.4 Å². The molecule has 0 radical (unpaired) electrons. The van der Waals surface area contributed by atoms with Gasteiger partial charge in [-0.05, 0) is 51.3 Å². The molecule has 1 N–H and O–H groups in total. The van der Waals surface area contributed by atoms with Crippen molar-refractivity contribution in [3.63, 3.8) is 0 Å². The molecule has 1 saturated heterocycles. The van der Waals surface area contributed by atoms with Crippen molar-refractivity contribution in [2.24, 2.45) is 0 Å². The Morgan fingerprint density at radius 1 is 1.38 bits per heavy atom. The van der Waals surface area contributed by atoms with Gasteiger partial charge in [-0.2, -0.15) is 0 Å². The number of nitrogens with one attached hydrogen (secondary N) is 1. The van der Waals surface area contributed by atoms with Gasteiger partial charge in [-0.15, -0.1) is 11.8 Å². The third-order valence-electron chi connectivity index (χ3n) is 4.42. The quantitative estimate of drug-likeness (QED) is 0.871. The highest BCUT2D eigenvalue weighted by Gasteiger charge is 2.27. The molecular weight excluding hydrogens is 282 g/mol. The van der Waals surface area contributed by atoms with Gasteiger partial charge in [0.15, 0.2) is 0 Å². The van der Waals surface area contributed by atoms with E-state index in [1.807, 2.05) is 24.9 Å². The van der Waals surface area contributed by atoms with E-state index >= 15 is 0 Å². The van der Waals surface area contributed by atoms with Gasteiger partial charge in [-0.1, -0.05) is 12.1 Å². The molecule has 3 unspecified atom stereocenters. The second kappa shape index (κ2) is 7.52. The van der Waals surface area contributed by atoms with Crippen LogP contribution in [-0.4, -0.2) is 37.7 Å². The predicted octanol–water partition coefficient (Wildman–Crippen LogP) is 3.48. The number of ether oxygens (including phenoxy) is 2. The van der Waals surface area contributed by atoms with Crippen LogP contribution in [0.3, 0.4) is 0 Å². The van der Waals surface area contributed by atoms with Crippen LogP contribution in [0.5, 0.6) is 5.75 Å². The maximum absolute atomic E-state index is 6.19. The number of fused-ring (bicyclic) bond motifs is 1. The summed E-state index contributed by atoms with van der Waals surface area (Å²) >= 11 is 1.91. The molecule has 2 aliphatic heterocycles. The van der Waals surface area contributed by atoms with Gasteiger partial charge < -0.3 is 14.8 Å². The van der Waals surface area contributed by atoms with Gasteiger partial charge in [0, 0.05) is 23.3 Å². The van der Waals surface area contributed by atoms with Crippen LogP contribution >= 0.6 is 11.8 Å². The molecule has 3 nitrogen and oxygen atoms in total. The lowest BCUT2D eigenvalue weighted by Gasteiger charge is -2.32. The largest absolute Gasteiger partial charge is 0.487 e. The Labute approximate surface area is 131 Å². The fourth-order valence-electron chi connectivity index (χ4n) is 3.19. The van der Waals surface area contributed by atoms with Crippen LogP contribution in [0.15, 0.2) is 29.2 Å². The minimum atomic E-state index is 0.263. The molecule has 21 heavy (non-hydrogen) atoms. The summed E-state index contributed by atoms with van der Waals surface area (Å²) in [4.78, 5) is 1.27. The number of benzene rings is 1. The van der Waals surface area contributed by atoms with Crippen molar-refractivity contribution >= 4 is 11.8 Å². The first kappa shape index (κ1) is 15.2. The maximum Gasteiger partial charge on any atom is 0.133 e. The summed E-state index contributed by atoms with van der Waals surface area (Å²) in [7, 11) is 2.05. The first-order valence-electron chi connectivity index (χ1n) is 8.04. The minimum absolute atomic E-state index is 0.263. The third kappa shape index (κ3) is 3.93. The Morgan fingerprint density at radius 3 is 3.10 bits per heavy atom. The van der Waals surface area contributed by atoms with E-state index in [2.05, 4.69) is 23.5 Å². The van der Waals surface area contributed by atoms with E-state index in [1.54, 1.807) is 0 Å². The summed E-state index contributed by atoms with van der Waals surface area (Å²) in [5.74, 6) is 2.07. The number of hydrogen-bond donors (Lipinski definition) is 1. The number of para-hydroxylation sites is 1. The van der Waals surface area contributed by atoms with E-state index in [4.69, 9.17) is 9.47 Å². The van der Waals surface area contributed by atoms with Gasteiger partial charge in [0.05, 0.1) is 6.10 Å². The summed E-state index contributed by atoms with van der Waals surface area (Å²) in [5, 5.41) is 3.45. The first-order valence-corrected chi connectivity index (χ1v) is 9.02. The molecule has 116 valence electrons. The zero-order valence-corrected chi connectivity index (χ0v) is 13.5. The van der Waals surface area contributed by atoms with Crippen LogP contribution in [0.4, 0.5) is 0 Å². The second-order valence-electron chi connectivity index (χ2n) is 5.88. The molecule has 3 atom stereocenters. The molecule has 2 aliphatic rings. The molecule has 1 aromatic carbocycles. The molecular formula is C17H25NO2S. The van der Waals surface area contributed by atoms with Gasteiger partial charge in [0.25, 0.3) is 0 Å². The highest BCUT2D eigenvalue weighted by molar-refractivity contribution is 7.99. The van der Waals surface area contributed by atoms with E-state index in [0.717, 1.165) is 24.5 Å². The standard InChI is InChI=1S/C17H25NO2S/c1-18-14(8-4-6-13-7-5-11-19-13)16-12-21-17-10-3-2-9-15(17)20-16/h2-3,9-10,13-14,16,18H,4-8,11-12H2,1H3.